The second-order valence-corrected chi connectivity index (χ2v) is 11.3. The maximum Gasteiger partial charge on any atom is 0.408 e. The standard InChI is InChI=1S/C31H41N3O6/c1-5-9-27(35)24-17-16-23(32-24)22-14-12-21(13-15-22)19-26(29(37)38)33-28(36)25(18-20-10-7-6-8-11-20)34-30(39)40-31(2,3)4/h6-8,10-15,23-26,32H,5,9,16-19H2,1-4H3,(H,33,36)(H,34,39)(H,37,38)/t23?,24-,25-,26-/m1/s1. The van der Waals surface area contributed by atoms with Crippen molar-refractivity contribution in [1.82, 2.24) is 16.0 Å². The first kappa shape index (κ1) is 30.8. The molecular formula is C31H41N3O6. The average Bonchev–Trinajstić information content (AvgIpc) is 3.38. The number of rotatable bonds is 12. The van der Waals surface area contributed by atoms with Gasteiger partial charge in [0.05, 0.1) is 6.04 Å². The van der Waals surface area contributed by atoms with Crippen molar-refractivity contribution in [2.75, 3.05) is 0 Å². The molecule has 0 radical (unpaired) electrons. The molecule has 4 N–H and O–H groups in total. The molecule has 1 aliphatic rings. The van der Waals surface area contributed by atoms with Gasteiger partial charge < -0.3 is 25.8 Å². The average molecular weight is 552 g/mol. The largest absolute Gasteiger partial charge is 0.480 e. The van der Waals surface area contributed by atoms with Crippen LogP contribution in [0.5, 0.6) is 0 Å². The smallest absolute Gasteiger partial charge is 0.408 e. The Labute approximate surface area is 236 Å². The van der Waals surface area contributed by atoms with Crippen LogP contribution in [-0.4, -0.2) is 52.6 Å². The first-order valence-corrected chi connectivity index (χ1v) is 13.9. The number of benzene rings is 2. The zero-order valence-electron chi connectivity index (χ0n) is 23.7. The number of amides is 2. The van der Waals surface area contributed by atoms with E-state index in [1.165, 1.54) is 0 Å². The highest BCUT2D eigenvalue weighted by atomic mass is 16.6. The Balaban J connectivity index is 1.66. The van der Waals surface area contributed by atoms with Gasteiger partial charge in [0.15, 0.2) is 0 Å². The Hall–Kier alpha value is -3.72. The number of hydrogen-bond donors (Lipinski definition) is 4. The molecule has 9 heteroatoms. The fourth-order valence-electron chi connectivity index (χ4n) is 4.78. The molecule has 1 saturated heterocycles. The third kappa shape index (κ3) is 9.48. The minimum absolute atomic E-state index is 0.0710. The molecule has 0 bridgehead atoms. The quantitative estimate of drug-likeness (QED) is 0.312. The van der Waals surface area contributed by atoms with Crippen LogP contribution in [0, 0.1) is 0 Å². The summed E-state index contributed by atoms with van der Waals surface area (Å²) in [6.45, 7) is 7.16. The monoisotopic (exact) mass is 551 g/mol. The Kier molecular flexibility index (Phi) is 10.8. The molecule has 0 spiro atoms. The number of carboxylic acid groups (broad SMARTS) is 1. The van der Waals surface area contributed by atoms with Gasteiger partial charge in [0.25, 0.3) is 0 Å². The minimum Gasteiger partial charge on any atom is -0.480 e. The zero-order valence-corrected chi connectivity index (χ0v) is 23.7. The lowest BCUT2D eigenvalue weighted by Gasteiger charge is -2.24. The summed E-state index contributed by atoms with van der Waals surface area (Å²) in [6.07, 6.45) is 2.56. The van der Waals surface area contributed by atoms with Crippen LogP contribution in [0.4, 0.5) is 4.79 Å². The van der Waals surface area contributed by atoms with Crippen LogP contribution < -0.4 is 16.0 Å². The molecule has 1 fully saturated rings. The van der Waals surface area contributed by atoms with Gasteiger partial charge in [0, 0.05) is 25.3 Å². The highest BCUT2D eigenvalue weighted by molar-refractivity contribution is 5.89. The van der Waals surface area contributed by atoms with E-state index >= 15 is 0 Å². The summed E-state index contributed by atoms with van der Waals surface area (Å²) in [7, 11) is 0. The van der Waals surface area contributed by atoms with Crippen molar-refractivity contribution in [3.8, 4) is 0 Å². The molecular weight excluding hydrogens is 510 g/mol. The normalized spacial score (nSPS) is 18.4. The van der Waals surface area contributed by atoms with Gasteiger partial charge in [-0.2, -0.15) is 0 Å². The molecule has 1 unspecified atom stereocenters. The fourth-order valence-corrected chi connectivity index (χ4v) is 4.78. The third-order valence-electron chi connectivity index (χ3n) is 6.76. The number of nitrogens with one attached hydrogen (secondary N) is 3. The number of carboxylic acids is 1. The highest BCUT2D eigenvalue weighted by Gasteiger charge is 2.30. The second kappa shape index (κ2) is 14.1. The predicted molar refractivity (Wildman–Crippen MR) is 152 cm³/mol. The topological polar surface area (TPSA) is 134 Å². The van der Waals surface area contributed by atoms with E-state index < -0.39 is 35.7 Å². The second-order valence-electron chi connectivity index (χ2n) is 11.3. The molecule has 0 aromatic heterocycles. The van der Waals surface area contributed by atoms with Gasteiger partial charge >= 0.3 is 12.1 Å². The first-order chi connectivity index (χ1) is 18.9. The van der Waals surface area contributed by atoms with Crippen molar-refractivity contribution in [2.24, 2.45) is 0 Å². The van der Waals surface area contributed by atoms with Crippen molar-refractivity contribution in [3.05, 3.63) is 71.3 Å². The molecule has 3 rings (SSSR count). The molecule has 216 valence electrons. The van der Waals surface area contributed by atoms with Gasteiger partial charge in [0.2, 0.25) is 5.91 Å². The lowest BCUT2D eigenvalue weighted by molar-refractivity contribution is -0.142. The summed E-state index contributed by atoms with van der Waals surface area (Å²) in [5, 5.41) is 18.5. The van der Waals surface area contributed by atoms with E-state index in [-0.39, 0.29) is 30.7 Å². The molecule has 1 heterocycles. The minimum atomic E-state index is -1.20. The van der Waals surface area contributed by atoms with E-state index in [4.69, 9.17) is 4.74 Å². The summed E-state index contributed by atoms with van der Waals surface area (Å²) in [5.74, 6) is -1.55. The molecule has 40 heavy (non-hydrogen) atoms. The van der Waals surface area contributed by atoms with Crippen LogP contribution in [0.15, 0.2) is 54.6 Å². The van der Waals surface area contributed by atoms with E-state index in [0.717, 1.165) is 36.0 Å². The van der Waals surface area contributed by atoms with Crippen molar-refractivity contribution in [1.29, 1.82) is 0 Å². The van der Waals surface area contributed by atoms with Gasteiger partial charge in [0.1, 0.15) is 23.5 Å². The van der Waals surface area contributed by atoms with E-state index in [1.54, 1.807) is 20.8 Å². The molecule has 4 atom stereocenters. The lowest BCUT2D eigenvalue weighted by atomic mass is 9.99. The summed E-state index contributed by atoms with van der Waals surface area (Å²) in [4.78, 5) is 50.0. The van der Waals surface area contributed by atoms with Crippen LogP contribution in [0.25, 0.3) is 0 Å². The highest BCUT2D eigenvalue weighted by Crippen LogP contribution is 2.28. The Morgan fingerprint density at radius 1 is 0.925 bits per heavy atom. The Morgan fingerprint density at radius 2 is 1.55 bits per heavy atom. The van der Waals surface area contributed by atoms with Crippen molar-refractivity contribution in [2.45, 2.75) is 96.0 Å². The number of aliphatic carboxylic acids is 1. The molecule has 2 aromatic rings. The van der Waals surface area contributed by atoms with Gasteiger partial charge in [-0.05, 0) is 56.7 Å². The molecule has 2 aromatic carbocycles. The summed E-state index contributed by atoms with van der Waals surface area (Å²) in [6, 6.07) is 14.4. The van der Waals surface area contributed by atoms with E-state index in [2.05, 4.69) is 16.0 Å². The van der Waals surface area contributed by atoms with Crippen molar-refractivity contribution < 1.29 is 29.0 Å². The van der Waals surface area contributed by atoms with E-state index in [9.17, 15) is 24.3 Å². The molecule has 2 amide bonds. The number of ketones is 1. The maximum atomic E-state index is 13.2. The Bertz CT molecular complexity index is 1160. The SMILES string of the molecule is CCCC(=O)[C@H]1CCC(c2ccc(C[C@@H](NC(=O)[C@@H](Cc3ccccc3)NC(=O)OC(C)(C)C)C(=O)O)cc2)N1. The fraction of sp³-hybridized carbons (Fsp3) is 0.484. The number of carbonyl (C=O) groups excluding carboxylic acids is 3. The number of ether oxygens (including phenoxy) is 1. The van der Waals surface area contributed by atoms with Crippen LogP contribution in [0.3, 0.4) is 0 Å². The summed E-state index contributed by atoms with van der Waals surface area (Å²) in [5.41, 5.74) is 1.83. The predicted octanol–water partition coefficient (Wildman–Crippen LogP) is 4.10. The lowest BCUT2D eigenvalue weighted by Crippen LogP contribution is -2.53. The number of carbonyl (C=O) groups is 4. The third-order valence-corrected chi connectivity index (χ3v) is 6.76. The molecule has 1 aliphatic heterocycles. The maximum absolute atomic E-state index is 13.2. The van der Waals surface area contributed by atoms with Gasteiger partial charge in [-0.3, -0.25) is 9.59 Å². The molecule has 0 saturated carbocycles. The number of alkyl carbamates (subject to hydrolysis) is 1. The van der Waals surface area contributed by atoms with Gasteiger partial charge in [-0.15, -0.1) is 0 Å². The zero-order chi connectivity index (χ0) is 29.3. The van der Waals surface area contributed by atoms with Gasteiger partial charge in [-0.1, -0.05) is 61.5 Å². The Morgan fingerprint density at radius 3 is 2.15 bits per heavy atom. The van der Waals surface area contributed by atoms with Crippen LogP contribution in [-0.2, 0) is 32.0 Å². The van der Waals surface area contributed by atoms with Crippen molar-refractivity contribution in [3.63, 3.8) is 0 Å². The van der Waals surface area contributed by atoms with E-state index in [1.807, 2.05) is 61.5 Å². The molecule has 0 aliphatic carbocycles. The number of Topliss-reactive ketones (excluding diaryl/α,β-unsaturated/α-hetero) is 1. The first-order valence-electron chi connectivity index (χ1n) is 13.9. The number of hydrogen-bond acceptors (Lipinski definition) is 6. The van der Waals surface area contributed by atoms with Crippen LogP contribution in [0.1, 0.15) is 76.1 Å². The van der Waals surface area contributed by atoms with E-state index in [0.29, 0.717) is 6.42 Å². The molecule has 9 nitrogen and oxygen atoms in total. The van der Waals surface area contributed by atoms with Gasteiger partial charge in [-0.25, -0.2) is 9.59 Å². The van der Waals surface area contributed by atoms with Crippen LogP contribution in [0.2, 0.25) is 0 Å². The van der Waals surface area contributed by atoms with Crippen molar-refractivity contribution >= 4 is 23.8 Å². The summed E-state index contributed by atoms with van der Waals surface area (Å²) < 4.78 is 5.32. The summed E-state index contributed by atoms with van der Waals surface area (Å²) >= 11 is 0. The van der Waals surface area contributed by atoms with Crippen LogP contribution >= 0.6 is 0 Å².